The van der Waals surface area contributed by atoms with Crippen LogP contribution in [-0.2, 0) is 0 Å². The van der Waals surface area contributed by atoms with Crippen LogP contribution >= 0.6 is 15.9 Å². The molecule has 0 spiro atoms. The highest BCUT2D eigenvalue weighted by atomic mass is 79.9. The summed E-state index contributed by atoms with van der Waals surface area (Å²) in [7, 11) is 6.42. The van der Waals surface area contributed by atoms with Gasteiger partial charge >= 0.3 is 0 Å². The van der Waals surface area contributed by atoms with E-state index in [0.717, 1.165) is 25.0 Å². The van der Waals surface area contributed by atoms with Crippen molar-refractivity contribution in [2.24, 2.45) is 5.41 Å². The molecule has 0 amide bonds. The van der Waals surface area contributed by atoms with Crippen LogP contribution in [0.1, 0.15) is 13.8 Å². The van der Waals surface area contributed by atoms with Crippen LogP contribution in [0, 0.1) is 5.41 Å². The van der Waals surface area contributed by atoms with E-state index in [4.69, 9.17) is 0 Å². The average molecular weight is 251 g/mol. The minimum absolute atomic E-state index is 0.376. The second kappa shape index (κ2) is 5.99. The highest BCUT2D eigenvalue weighted by Gasteiger charge is 2.18. The molecular weight excluding hydrogens is 228 g/mol. The number of hydrogen-bond acceptors (Lipinski definition) is 2. The molecule has 3 heteroatoms. The lowest BCUT2D eigenvalue weighted by Gasteiger charge is -2.29. The van der Waals surface area contributed by atoms with Crippen molar-refractivity contribution in [3.63, 3.8) is 0 Å². The van der Waals surface area contributed by atoms with Gasteiger partial charge in [0.25, 0.3) is 0 Å². The van der Waals surface area contributed by atoms with Gasteiger partial charge in [-0.15, -0.1) is 0 Å². The van der Waals surface area contributed by atoms with Crippen LogP contribution in [0.2, 0.25) is 0 Å². The Morgan fingerprint density at radius 3 is 2.00 bits per heavy atom. The zero-order chi connectivity index (χ0) is 10.5. The normalized spacial score (nSPS) is 12.9. The summed E-state index contributed by atoms with van der Waals surface area (Å²) in [6.45, 7) is 7.99. The van der Waals surface area contributed by atoms with Gasteiger partial charge in [0.15, 0.2) is 0 Å². The summed E-state index contributed by atoms with van der Waals surface area (Å²) in [5.41, 5.74) is 0.376. The maximum atomic E-state index is 3.54. The standard InChI is InChI=1S/C10H23BrN2/c1-10(2,8-11)9-13(5)7-6-12(3)4/h6-9H2,1-5H3. The Labute approximate surface area is 91.4 Å². The van der Waals surface area contributed by atoms with E-state index in [0.29, 0.717) is 5.41 Å². The average Bonchev–Trinajstić information content (AvgIpc) is 2.00. The minimum Gasteiger partial charge on any atom is -0.308 e. The van der Waals surface area contributed by atoms with E-state index < -0.39 is 0 Å². The number of rotatable bonds is 6. The van der Waals surface area contributed by atoms with Gasteiger partial charge in [-0.05, 0) is 26.6 Å². The van der Waals surface area contributed by atoms with Gasteiger partial charge in [-0.25, -0.2) is 0 Å². The van der Waals surface area contributed by atoms with Gasteiger partial charge < -0.3 is 9.80 Å². The molecule has 0 heterocycles. The van der Waals surface area contributed by atoms with Gasteiger partial charge in [0.05, 0.1) is 0 Å². The quantitative estimate of drug-likeness (QED) is 0.665. The fourth-order valence-corrected chi connectivity index (χ4v) is 1.40. The van der Waals surface area contributed by atoms with Crippen molar-refractivity contribution in [2.75, 3.05) is 46.1 Å². The molecule has 0 unspecified atom stereocenters. The van der Waals surface area contributed by atoms with Crippen LogP contribution in [0.3, 0.4) is 0 Å². The van der Waals surface area contributed by atoms with E-state index in [-0.39, 0.29) is 0 Å². The van der Waals surface area contributed by atoms with E-state index in [1.165, 1.54) is 0 Å². The summed E-state index contributed by atoms with van der Waals surface area (Å²) in [5, 5.41) is 1.06. The molecule has 0 aliphatic heterocycles. The van der Waals surface area contributed by atoms with Crippen molar-refractivity contribution in [1.82, 2.24) is 9.80 Å². The molecular formula is C10H23BrN2. The second-order valence-corrected chi connectivity index (χ2v) is 5.40. The SMILES string of the molecule is CN(C)CCN(C)CC(C)(C)CBr. The largest absolute Gasteiger partial charge is 0.308 e. The maximum absolute atomic E-state index is 3.54. The van der Waals surface area contributed by atoms with Crippen molar-refractivity contribution in [2.45, 2.75) is 13.8 Å². The first-order valence-corrected chi connectivity index (χ1v) is 5.89. The van der Waals surface area contributed by atoms with E-state index in [1.807, 2.05) is 0 Å². The zero-order valence-corrected chi connectivity index (χ0v) is 11.2. The van der Waals surface area contributed by atoms with Gasteiger partial charge in [-0.1, -0.05) is 29.8 Å². The van der Waals surface area contributed by atoms with Gasteiger partial charge in [0.1, 0.15) is 0 Å². The van der Waals surface area contributed by atoms with Gasteiger partial charge in [-0.3, -0.25) is 0 Å². The monoisotopic (exact) mass is 250 g/mol. The molecule has 0 atom stereocenters. The molecule has 0 N–H and O–H groups in total. The highest BCUT2D eigenvalue weighted by Crippen LogP contribution is 2.18. The number of hydrogen-bond donors (Lipinski definition) is 0. The lowest BCUT2D eigenvalue weighted by Crippen LogP contribution is -2.36. The molecule has 0 aromatic carbocycles. The zero-order valence-electron chi connectivity index (χ0n) is 9.60. The van der Waals surface area contributed by atoms with Gasteiger partial charge in [-0.2, -0.15) is 0 Å². The van der Waals surface area contributed by atoms with Gasteiger partial charge in [0, 0.05) is 25.0 Å². The maximum Gasteiger partial charge on any atom is 0.0106 e. The number of likely N-dealkylation sites (N-methyl/N-ethyl adjacent to an activating group) is 2. The van der Waals surface area contributed by atoms with Crippen molar-refractivity contribution < 1.29 is 0 Å². The molecule has 0 saturated carbocycles. The third kappa shape index (κ3) is 7.47. The lowest BCUT2D eigenvalue weighted by atomic mass is 9.96. The first-order chi connectivity index (χ1) is 5.87. The molecule has 0 rings (SSSR count). The van der Waals surface area contributed by atoms with E-state index in [1.54, 1.807) is 0 Å². The van der Waals surface area contributed by atoms with E-state index in [9.17, 15) is 0 Å². The molecule has 0 radical (unpaired) electrons. The number of alkyl halides is 1. The van der Waals surface area contributed by atoms with Crippen molar-refractivity contribution in [3.05, 3.63) is 0 Å². The van der Waals surface area contributed by atoms with Crippen molar-refractivity contribution in [3.8, 4) is 0 Å². The Kier molecular flexibility index (Phi) is 6.18. The van der Waals surface area contributed by atoms with Crippen molar-refractivity contribution >= 4 is 15.9 Å². The van der Waals surface area contributed by atoms with Crippen LogP contribution in [0.4, 0.5) is 0 Å². The molecule has 2 nitrogen and oxygen atoms in total. The van der Waals surface area contributed by atoms with E-state index in [2.05, 4.69) is 60.7 Å². The van der Waals surface area contributed by atoms with Crippen LogP contribution in [0.5, 0.6) is 0 Å². The van der Waals surface area contributed by atoms with Crippen LogP contribution in [0.25, 0.3) is 0 Å². The fourth-order valence-electron chi connectivity index (χ4n) is 1.22. The Morgan fingerprint density at radius 1 is 1.08 bits per heavy atom. The molecule has 0 fully saturated rings. The van der Waals surface area contributed by atoms with Crippen molar-refractivity contribution in [1.29, 1.82) is 0 Å². The number of nitrogens with zero attached hydrogens (tertiary/aromatic N) is 2. The third-order valence-corrected chi connectivity index (χ3v) is 3.51. The summed E-state index contributed by atoms with van der Waals surface area (Å²) in [6, 6.07) is 0. The lowest BCUT2D eigenvalue weighted by molar-refractivity contribution is 0.213. The molecule has 0 aliphatic carbocycles. The summed E-state index contributed by atoms with van der Waals surface area (Å²) in [6.07, 6.45) is 0. The van der Waals surface area contributed by atoms with Crippen LogP contribution in [0.15, 0.2) is 0 Å². The first-order valence-electron chi connectivity index (χ1n) is 4.76. The third-order valence-electron chi connectivity index (χ3n) is 1.99. The predicted octanol–water partition coefficient (Wildman–Crippen LogP) is 1.90. The predicted molar refractivity (Wildman–Crippen MR) is 63.6 cm³/mol. The number of halogens is 1. The molecule has 80 valence electrons. The summed E-state index contributed by atoms with van der Waals surface area (Å²) in [5.74, 6) is 0. The van der Waals surface area contributed by atoms with Gasteiger partial charge in [0.2, 0.25) is 0 Å². The Bertz CT molecular complexity index is 135. The fraction of sp³-hybridized carbons (Fsp3) is 1.00. The topological polar surface area (TPSA) is 6.48 Å². The summed E-state index contributed by atoms with van der Waals surface area (Å²) < 4.78 is 0. The Morgan fingerprint density at radius 2 is 1.62 bits per heavy atom. The molecule has 13 heavy (non-hydrogen) atoms. The van der Waals surface area contributed by atoms with E-state index >= 15 is 0 Å². The minimum atomic E-state index is 0.376. The molecule has 0 aromatic rings. The summed E-state index contributed by atoms with van der Waals surface area (Å²) >= 11 is 3.54. The molecule has 0 aliphatic rings. The highest BCUT2D eigenvalue weighted by molar-refractivity contribution is 9.09. The smallest absolute Gasteiger partial charge is 0.0106 e. The summed E-state index contributed by atoms with van der Waals surface area (Å²) in [4.78, 5) is 4.61. The van der Waals surface area contributed by atoms with Crippen LogP contribution < -0.4 is 0 Å². The molecule has 0 aromatic heterocycles. The first kappa shape index (κ1) is 13.4. The second-order valence-electron chi connectivity index (χ2n) is 4.84. The molecule has 0 saturated heterocycles. The Hall–Kier alpha value is 0.400. The molecule has 0 bridgehead atoms. The van der Waals surface area contributed by atoms with Crippen LogP contribution in [-0.4, -0.2) is 55.9 Å². The Balaban J connectivity index is 3.67.